The van der Waals surface area contributed by atoms with Crippen LogP contribution in [-0.2, 0) is 13.9 Å². The standard InChI is InChI=1S/C19H31O4P/c1-2-3-4-5-6-7-8-12-16-23-24(22,17-15-19(20)21)18-13-10-9-11-14-18/h9-11,13-14H,2-8,12,15-17H2,1H3,(H,20,21). The summed E-state index contributed by atoms with van der Waals surface area (Å²) in [7, 11) is -3.08. The Morgan fingerprint density at radius 3 is 2.17 bits per heavy atom. The maximum atomic E-state index is 13.0. The summed E-state index contributed by atoms with van der Waals surface area (Å²) in [4.78, 5) is 10.8. The zero-order valence-corrected chi connectivity index (χ0v) is 15.7. The van der Waals surface area contributed by atoms with Gasteiger partial charge < -0.3 is 9.63 Å². The number of benzene rings is 1. The fourth-order valence-electron chi connectivity index (χ4n) is 2.61. The summed E-state index contributed by atoms with van der Waals surface area (Å²) >= 11 is 0. The second kappa shape index (κ2) is 12.3. The number of aliphatic carboxylic acids is 1. The smallest absolute Gasteiger partial charge is 0.303 e. The Morgan fingerprint density at radius 2 is 1.58 bits per heavy atom. The fraction of sp³-hybridized carbons (Fsp3) is 0.632. The Balaban J connectivity index is 2.35. The summed E-state index contributed by atoms with van der Waals surface area (Å²) in [5.41, 5.74) is 0. The number of carboxylic acid groups (broad SMARTS) is 1. The largest absolute Gasteiger partial charge is 0.481 e. The quantitative estimate of drug-likeness (QED) is 0.367. The molecule has 0 aromatic heterocycles. The first kappa shape index (κ1) is 20.9. The lowest BCUT2D eigenvalue weighted by molar-refractivity contribution is -0.136. The first-order chi connectivity index (χ1) is 11.6. The summed E-state index contributed by atoms with van der Waals surface area (Å²) in [5.74, 6) is -0.943. The molecule has 0 saturated heterocycles. The predicted octanol–water partition coefficient (Wildman–Crippen LogP) is 5.22. The van der Waals surface area contributed by atoms with Crippen LogP contribution in [0.1, 0.15) is 64.7 Å². The molecule has 0 heterocycles. The van der Waals surface area contributed by atoms with E-state index >= 15 is 0 Å². The summed E-state index contributed by atoms with van der Waals surface area (Å²) < 4.78 is 18.7. The molecule has 0 radical (unpaired) electrons. The molecule has 1 rings (SSSR count). The minimum atomic E-state index is -3.08. The van der Waals surface area contributed by atoms with Crippen LogP contribution in [0.3, 0.4) is 0 Å². The third kappa shape index (κ3) is 8.65. The minimum absolute atomic E-state index is 0.0589. The van der Waals surface area contributed by atoms with Crippen LogP contribution in [0.25, 0.3) is 0 Å². The molecule has 4 nitrogen and oxygen atoms in total. The average molecular weight is 354 g/mol. The van der Waals surface area contributed by atoms with Crippen LogP contribution in [0.5, 0.6) is 0 Å². The summed E-state index contributed by atoms with van der Waals surface area (Å²) in [6, 6.07) is 8.99. The number of unbranched alkanes of at least 4 members (excludes halogenated alkanes) is 7. The fourth-order valence-corrected chi connectivity index (χ4v) is 4.69. The molecule has 0 amide bonds. The lowest BCUT2D eigenvalue weighted by atomic mass is 10.1. The minimum Gasteiger partial charge on any atom is -0.481 e. The highest BCUT2D eigenvalue weighted by Gasteiger charge is 2.26. The third-order valence-corrected chi connectivity index (χ3v) is 6.56. The number of carboxylic acids is 1. The first-order valence-electron chi connectivity index (χ1n) is 9.09. The van der Waals surface area contributed by atoms with Crippen molar-refractivity contribution in [3.05, 3.63) is 30.3 Å². The SMILES string of the molecule is CCCCCCCCCCOP(=O)(CCC(=O)O)c1ccccc1. The van der Waals surface area contributed by atoms with Gasteiger partial charge in [0, 0.05) is 11.5 Å². The molecule has 0 spiro atoms. The summed E-state index contributed by atoms with van der Waals surface area (Å²) in [6.07, 6.45) is 9.46. The molecule has 0 bridgehead atoms. The van der Waals surface area contributed by atoms with Crippen molar-refractivity contribution in [1.29, 1.82) is 0 Å². The van der Waals surface area contributed by atoms with E-state index in [9.17, 15) is 9.36 Å². The molecule has 0 aliphatic heterocycles. The highest BCUT2D eigenvalue weighted by atomic mass is 31.2. The van der Waals surface area contributed by atoms with E-state index in [0.29, 0.717) is 11.9 Å². The third-order valence-electron chi connectivity index (χ3n) is 4.07. The van der Waals surface area contributed by atoms with Crippen molar-refractivity contribution in [3.63, 3.8) is 0 Å². The molecule has 1 aromatic carbocycles. The molecule has 1 atom stereocenters. The van der Waals surface area contributed by atoms with Crippen LogP contribution in [0.4, 0.5) is 0 Å². The second-order valence-electron chi connectivity index (χ2n) is 6.18. The number of carbonyl (C=O) groups is 1. The van der Waals surface area contributed by atoms with Gasteiger partial charge in [-0.25, -0.2) is 0 Å². The van der Waals surface area contributed by atoms with Gasteiger partial charge in [-0.1, -0.05) is 70.1 Å². The molecular formula is C19H31O4P. The van der Waals surface area contributed by atoms with E-state index in [2.05, 4.69) is 6.92 Å². The van der Waals surface area contributed by atoms with E-state index in [0.717, 1.165) is 12.8 Å². The van der Waals surface area contributed by atoms with Gasteiger partial charge in [0.15, 0.2) is 0 Å². The zero-order chi connectivity index (χ0) is 17.7. The molecule has 136 valence electrons. The van der Waals surface area contributed by atoms with Gasteiger partial charge in [0.1, 0.15) is 0 Å². The molecule has 1 N–H and O–H groups in total. The topological polar surface area (TPSA) is 63.6 Å². The number of hydrogen-bond acceptors (Lipinski definition) is 3. The van der Waals surface area contributed by atoms with Crippen LogP contribution in [-0.4, -0.2) is 23.8 Å². The molecule has 5 heteroatoms. The maximum absolute atomic E-state index is 13.0. The molecular weight excluding hydrogens is 323 g/mol. The van der Waals surface area contributed by atoms with Gasteiger partial charge in [-0.2, -0.15) is 0 Å². The van der Waals surface area contributed by atoms with Gasteiger partial charge in [0.2, 0.25) is 7.37 Å². The van der Waals surface area contributed by atoms with Crippen molar-refractivity contribution < 1.29 is 19.0 Å². The highest BCUT2D eigenvalue weighted by Crippen LogP contribution is 2.46. The predicted molar refractivity (Wildman–Crippen MR) is 99.4 cm³/mol. The molecule has 0 saturated carbocycles. The van der Waals surface area contributed by atoms with Crippen LogP contribution in [0, 0.1) is 0 Å². The van der Waals surface area contributed by atoms with E-state index < -0.39 is 13.3 Å². The summed E-state index contributed by atoms with van der Waals surface area (Å²) in [5, 5.41) is 9.49. The van der Waals surface area contributed by atoms with Gasteiger partial charge in [0.25, 0.3) is 0 Å². The lowest BCUT2D eigenvalue weighted by Gasteiger charge is -2.18. The molecule has 0 aliphatic rings. The normalized spacial score (nSPS) is 13.5. The monoisotopic (exact) mass is 354 g/mol. The summed E-state index contributed by atoms with van der Waals surface area (Å²) in [6.45, 7) is 2.65. The Bertz CT molecular complexity index is 501. The van der Waals surface area contributed by atoms with Crippen LogP contribution < -0.4 is 5.30 Å². The van der Waals surface area contributed by atoms with E-state index in [-0.39, 0.29) is 12.6 Å². The van der Waals surface area contributed by atoms with Crippen molar-refractivity contribution in [2.24, 2.45) is 0 Å². The van der Waals surface area contributed by atoms with Crippen molar-refractivity contribution in [2.45, 2.75) is 64.7 Å². The zero-order valence-electron chi connectivity index (χ0n) is 14.8. The van der Waals surface area contributed by atoms with Crippen molar-refractivity contribution in [3.8, 4) is 0 Å². The van der Waals surface area contributed by atoms with E-state index in [1.807, 2.05) is 18.2 Å². The molecule has 0 fully saturated rings. The van der Waals surface area contributed by atoms with E-state index in [1.165, 1.54) is 38.5 Å². The number of rotatable bonds is 14. The van der Waals surface area contributed by atoms with Crippen molar-refractivity contribution in [1.82, 2.24) is 0 Å². The Hall–Kier alpha value is -1.12. The van der Waals surface area contributed by atoms with Gasteiger partial charge in [-0.15, -0.1) is 0 Å². The van der Waals surface area contributed by atoms with E-state index in [4.69, 9.17) is 9.63 Å². The Kier molecular flexibility index (Phi) is 10.7. The van der Waals surface area contributed by atoms with Gasteiger partial charge in [-0.05, 0) is 18.6 Å². The van der Waals surface area contributed by atoms with Crippen LogP contribution >= 0.6 is 7.37 Å². The average Bonchev–Trinajstić information content (AvgIpc) is 2.59. The molecule has 1 unspecified atom stereocenters. The maximum Gasteiger partial charge on any atom is 0.303 e. The van der Waals surface area contributed by atoms with Crippen molar-refractivity contribution in [2.75, 3.05) is 12.8 Å². The lowest BCUT2D eigenvalue weighted by Crippen LogP contribution is -2.13. The van der Waals surface area contributed by atoms with Gasteiger partial charge in [-0.3, -0.25) is 9.36 Å². The Labute approximate surface area is 146 Å². The molecule has 24 heavy (non-hydrogen) atoms. The van der Waals surface area contributed by atoms with E-state index in [1.54, 1.807) is 12.1 Å². The van der Waals surface area contributed by atoms with Crippen LogP contribution in [0.2, 0.25) is 0 Å². The van der Waals surface area contributed by atoms with Crippen molar-refractivity contribution >= 4 is 18.6 Å². The highest BCUT2D eigenvalue weighted by molar-refractivity contribution is 7.67. The molecule has 0 aliphatic carbocycles. The number of hydrogen-bond donors (Lipinski definition) is 1. The second-order valence-corrected chi connectivity index (χ2v) is 8.75. The van der Waals surface area contributed by atoms with Gasteiger partial charge in [0.05, 0.1) is 13.0 Å². The first-order valence-corrected chi connectivity index (χ1v) is 10.9. The van der Waals surface area contributed by atoms with Crippen LogP contribution in [0.15, 0.2) is 30.3 Å². The molecule has 1 aromatic rings. The Morgan fingerprint density at radius 1 is 1.00 bits per heavy atom. The van der Waals surface area contributed by atoms with Gasteiger partial charge >= 0.3 is 5.97 Å².